The quantitative estimate of drug-likeness (QED) is 0.538. The maximum Gasteiger partial charge on any atom is 0.201 e. The number of hydrogen-bond acceptors (Lipinski definition) is 4. The van der Waals surface area contributed by atoms with Crippen molar-refractivity contribution in [3.63, 3.8) is 0 Å². The molecule has 0 aromatic carbocycles. The number of hydrogen-bond donors (Lipinski definition) is 1. The number of rotatable bonds is 7. The van der Waals surface area contributed by atoms with E-state index in [1.54, 1.807) is 7.11 Å². The van der Waals surface area contributed by atoms with E-state index in [2.05, 4.69) is 54.3 Å². The first kappa shape index (κ1) is 21.8. The maximum absolute atomic E-state index is 10.7. The first-order valence-corrected chi connectivity index (χ1v) is 11.9. The van der Waals surface area contributed by atoms with Crippen LogP contribution in [0.2, 0.25) is 18.1 Å². The van der Waals surface area contributed by atoms with Crippen LogP contribution in [0.1, 0.15) is 53.9 Å². The van der Waals surface area contributed by atoms with Crippen LogP contribution < -0.4 is 0 Å². The van der Waals surface area contributed by atoms with Crippen molar-refractivity contribution in [3.8, 4) is 0 Å². The molecule has 0 bridgehead atoms. The van der Waals surface area contributed by atoms with Gasteiger partial charge < -0.3 is 19.0 Å². The van der Waals surface area contributed by atoms with Gasteiger partial charge in [0, 0.05) is 19.1 Å². The molecule has 0 aliphatic carbocycles. The van der Waals surface area contributed by atoms with Crippen LogP contribution in [0.3, 0.4) is 0 Å². The molecular weight excluding hydrogens is 320 g/mol. The van der Waals surface area contributed by atoms with E-state index in [1.807, 2.05) is 6.08 Å². The lowest BCUT2D eigenvalue weighted by Crippen LogP contribution is -2.63. The van der Waals surface area contributed by atoms with E-state index in [0.29, 0.717) is 13.0 Å². The summed E-state index contributed by atoms with van der Waals surface area (Å²) >= 11 is 0. The van der Waals surface area contributed by atoms with Gasteiger partial charge in [0.25, 0.3) is 0 Å². The molecule has 142 valence electrons. The van der Waals surface area contributed by atoms with Crippen molar-refractivity contribution < 1.29 is 19.0 Å². The van der Waals surface area contributed by atoms with Crippen LogP contribution in [0.5, 0.6) is 0 Å². The molecule has 0 amide bonds. The highest BCUT2D eigenvalue weighted by Gasteiger charge is 2.56. The number of aliphatic hydroxyl groups is 1. The molecule has 24 heavy (non-hydrogen) atoms. The summed E-state index contributed by atoms with van der Waals surface area (Å²) in [4.78, 5) is 0. The molecule has 0 aromatic heterocycles. The van der Waals surface area contributed by atoms with E-state index < -0.39 is 25.6 Å². The van der Waals surface area contributed by atoms with E-state index in [9.17, 15) is 5.11 Å². The van der Waals surface area contributed by atoms with Gasteiger partial charge in [-0.2, -0.15) is 0 Å². The second-order valence-corrected chi connectivity index (χ2v) is 14.0. The Hall–Kier alpha value is -0.203. The molecule has 0 aromatic rings. The topological polar surface area (TPSA) is 47.9 Å². The zero-order chi connectivity index (χ0) is 18.8. The number of methoxy groups -OCH3 is 1. The summed E-state index contributed by atoms with van der Waals surface area (Å²) in [5.41, 5.74) is -0.476. The Balaban J connectivity index is 3.00. The second kappa shape index (κ2) is 7.58. The third-order valence-corrected chi connectivity index (χ3v) is 10.3. The first-order valence-electron chi connectivity index (χ1n) is 8.99. The van der Waals surface area contributed by atoms with Gasteiger partial charge in [-0.05, 0) is 37.4 Å². The summed E-state index contributed by atoms with van der Waals surface area (Å²) in [5.74, 6) is -1.05. The minimum absolute atomic E-state index is 0.0259. The summed E-state index contributed by atoms with van der Waals surface area (Å²) in [6.07, 6.45) is 3.46. The number of aliphatic hydroxyl groups excluding tert-OH is 1. The molecule has 1 fully saturated rings. The van der Waals surface area contributed by atoms with Gasteiger partial charge in [-0.1, -0.05) is 40.7 Å². The van der Waals surface area contributed by atoms with Gasteiger partial charge in [0.1, 0.15) is 6.10 Å². The van der Waals surface area contributed by atoms with Crippen molar-refractivity contribution in [2.45, 2.75) is 90.0 Å². The third kappa shape index (κ3) is 4.30. The summed E-state index contributed by atoms with van der Waals surface area (Å²) in [6, 6.07) is 0. The Labute approximate surface area is 149 Å². The second-order valence-electron chi connectivity index (χ2n) is 9.16. The molecule has 5 heteroatoms. The summed E-state index contributed by atoms with van der Waals surface area (Å²) in [6.45, 7) is 19.6. The van der Waals surface area contributed by atoms with Crippen molar-refractivity contribution in [1.29, 1.82) is 0 Å². The average molecular weight is 359 g/mol. The first-order chi connectivity index (χ1) is 10.8. The Bertz CT molecular complexity index is 428. The van der Waals surface area contributed by atoms with E-state index >= 15 is 0 Å². The van der Waals surface area contributed by atoms with Gasteiger partial charge in [0.05, 0.1) is 6.10 Å². The summed E-state index contributed by atoms with van der Waals surface area (Å²) < 4.78 is 18.5. The fourth-order valence-corrected chi connectivity index (χ4v) is 4.17. The predicted octanol–water partition coefficient (Wildman–Crippen LogP) is 4.49. The Morgan fingerprint density at radius 2 is 1.83 bits per heavy atom. The van der Waals surface area contributed by atoms with Crippen LogP contribution in [0.4, 0.5) is 0 Å². The molecule has 1 saturated heterocycles. The fourth-order valence-electron chi connectivity index (χ4n) is 3.02. The molecule has 1 rings (SSSR count). The molecule has 0 spiro atoms. The predicted molar refractivity (Wildman–Crippen MR) is 102 cm³/mol. The lowest BCUT2D eigenvalue weighted by atomic mass is 9.77. The third-order valence-electron chi connectivity index (χ3n) is 5.82. The van der Waals surface area contributed by atoms with E-state index in [4.69, 9.17) is 13.9 Å². The van der Waals surface area contributed by atoms with Gasteiger partial charge in [0.15, 0.2) is 8.32 Å². The molecule has 1 heterocycles. The Morgan fingerprint density at radius 1 is 1.25 bits per heavy atom. The lowest BCUT2D eigenvalue weighted by molar-refractivity contribution is -0.359. The average Bonchev–Trinajstić information content (AvgIpc) is 2.46. The molecule has 1 aliphatic rings. The lowest BCUT2D eigenvalue weighted by Gasteiger charge is -2.53. The van der Waals surface area contributed by atoms with Crippen molar-refractivity contribution in [1.82, 2.24) is 0 Å². The van der Waals surface area contributed by atoms with Crippen molar-refractivity contribution in [2.24, 2.45) is 5.41 Å². The van der Waals surface area contributed by atoms with Gasteiger partial charge in [-0.3, -0.25) is 0 Å². The molecular formula is C19H38O4Si. The molecule has 1 unspecified atom stereocenters. The highest BCUT2D eigenvalue weighted by Crippen LogP contribution is 2.46. The largest absolute Gasteiger partial charge is 0.416 e. The molecule has 4 nitrogen and oxygen atoms in total. The molecule has 0 saturated carbocycles. The van der Waals surface area contributed by atoms with Gasteiger partial charge in [0.2, 0.25) is 5.79 Å². The molecule has 0 radical (unpaired) electrons. The highest BCUT2D eigenvalue weighted by atomic mass is 28.4. The molecule has 1 aliphatic heterocycles. The smallest absolute Gasteiger partial charge is 0.201 e. The van der Waals surface area contributed by atoms with Gasteiger partial charge >= 0.3 is 0 Å². The number of ether oxygens (including phenoxy) is 2. The van der Waals surface area contributed by atoms with Crippen molar-refractivity contribution >= 4 is 8.32 Å². The van der Waals surface area contributed by atoms with Crippen LogP contribution in [0.15, 0.2) is 12.7 Å². The molecule has 3 atom stereocenters. The van der Waals surface area contributed by atoms with E-state index in [-0.39, 0.29) is 11.1 Å². The van der Waals surface area contributed by atoms with Crippen LogP contribution >= 0.6 is 0 Å². The van der Waals surface area contributed by atoms with Crippen molar-refractivity contribution in [2.75, 3.05) is 13.7 Å². The maximum atomic E-state index is 10.7. The van der Waals surface area contributed by atoms with Crippen LogP contribution in [0, 0.1) is 5.41 Å². The zero-order valence-electron chi connectivity index (χ0n) is 16.9. The minimum Gasteiger partial charge on any atom is -0.416 e. The highest BCUT2D eigenvalue weighted by molar-refractivity contribution is 6.74. The SMILES string of the molecule is C=CC[C@@H]1CCC(O)[C@](OC)(C(C)(C)CO[Si](C)(C)C(C)(C)C)O1. The van der Waals surface area contributed by atoms with Crippen LogP contribution in [-0.4, -0.2) is 45.1 Å². The Kier molecular flexibility index (Phi) is 6.90. The van der Waals surface area contributed by atoms with Crippen LogP contribution in [0.25, 0.3) is 0 Å². The Morgan fingerprint density at radius 3 is 2.29 bits per heavy atom. The fraction of sp³-hybridized carbons (Fsp3) is 0.895. The molecule has 1 N–H and O–H groups in total. The summed E-state index contributed by atoms with van der Waals surface area (Å²) in [7, 11) is -0.268. The zero-order valence-corrected chi connectivity index (χ0v) is 17.9. The summed E-state index contributed by atoms with van der Waals surface area (Å²) in [5, 5.41) is 10.8. The van der Waals surface area contributed by atoms with Gasteiger partial charge in [-0.15, -0.1) is 6.58 Å². The normalized spacial score (nSPS) is 29.5. The van der Waals surface area contributed by atoms with E-state index in [1.165, 1.54) is 0 Å². The standard InChI is InChI=1S/C19H38O4Si/c1-10-11-15-12-13-16(20)19(21-7,23-15)18(5,6)14-22-24(8,9)17(2,3)4/h10,15-16,20H,1,11-14H2,2-9H3/t15-,16?,19-/m1/s1. The van der Waals surface area contributed by atoms with Crippen LogP contribution in [-0.2, 0) is 13.9 Å². The monoisotopic (exact) mass is 358 g/mol. The van der Waals surface area contributed by atoms with Gasteiger partial charge in [-0.25, -0.2) is 0 Å². The minimum atomic E-state index is -1.89. The van der Waals surface area contributed by atoms with E-state index in [0.717, 1.165) is 12.8 Å². The van der Waals surface area contributed by atoms with Crippen molar-refractivity contribution in [3.05, 3.63) is 12.7 Å².